The van der Waals surface area contributed by atoms with Crippen molar-refractivity contribution < 1.29 is 14.3 Å². The number of esters is 1. The van der Waals surface area contributed by atoms with E-state index in [1.165, 1.54) is 6.08 Å². The van der Waals surface area contributed by atoms with Crippen LogP contribution in [0.3, 0.4) is 0 Å². The SMILES string of the molecule is C=CCOC(=O)C[C@@H](NC(=O)c1ccccc1)c1cccc(Br)c1. The predicted molar refractivity (Wildman–Crippen MR) is 96.6 cm³/mol. The molecule has 0 spiro atoms. The van der Waals surface area contributed by atoms with Crippen LogP contribution in [0.4, 0.5) is 0 Å². The number of carbonyl (C=O) groups is 2. The first-order chi connectivity index (χ1) is 11.6. The lowest BCUT2D eigenvalue weighted by Crippen LogP contribution is -2.30. The van der Waals surface area contributed by atoms with Gasteiger partial charge < -0.3 is 10.1 Å². The van der Waals surface area contributed by atoms with E-state index in [0.717, 1.165) is 10.0 Å². The Morgan fingerprint density at radius 1 is 1.17 bits per heavy atom. The fourth-order valence-electron chi connectivity index (χ4n) is 2.18. The molecule has 0 unspecified atom stereocenters. The highest BCUT2D eigenvalue weighted by Crippen LogP contribution is 2.22. The molecule has 0 fully saturated rings. The normalized spacial score (nSPS) is 11.4. The Morgan fingerprint density at radius 2 is 1.92 bits per heavy atom. The smallest absolute Gasteiger partial charge is 0.308 e. The number of benzene rings is 2. The standard InChI is InChI=1S/C19H18BrNO3/c1-2-11-24-18(22)13-17(15-9-6-10-16(20)12-15)21-19(23)14-7-4-3-5-8-14/h2-10,12,17H,1,11,13H2,(H,21,23)/t17-/m1/s1. The maximum atomic E-state index is 12.4. The van der Waals surface area contributed by atoms with Crippen LogP contribution >= 0.6 is 15.9 Å². The average molecular weight is 388 g/mol. The highest BCUT2D eigenvalue weighted by Gasteiger charge is 2.20. The third-order valence-electron chi connectivity index (χ3n) is 3.33. The minimum atomic E-state index is -0.479. The molecule has 24 heavy (non-hydrogen) atoms. The van der Waals surface area contributed by atoms with E-state index in [1.807, 2.05) is 30.3 Å². The first-order valence-electron chi connectivity index (χ1n) is 7.48. The van der Waals surface area contributed by atoms with Crippen LogP contribution in [0.5, 0.6) is 0 Å². The van der Waals surface area contributed by atoms with Gasteiger partial charge in [0.2, 0.25) is 0 Å². The number of nitrogens with one attached hydrogen (secondary N) is 1. The van der Waals surface area contributed by atoms with Gasteiger partial charge in [-0.15, -0.1) is 0 Å². The largest absolute Gasteiger partial charge is 0.461 e. The van der Waals surface area contributed by atoms with Gasteiger partial charge in [-0.1, -0.05) is 58.9 Å². The van der Waals surface area contributed by atoms with Crippen LogP contribution in [-0.4, -0.2) is 18.5 Å². The summed E-state index contributed by atoms with van der Waals surface area (Å²) >= 11 is 3.41. The molecular formula is C19H18BrNO3. The Balaban J connectivity index is 2.17. The summed E-state index contributed by atoms with van der Waals surface area (Å²) in [6.07, 6.45) is 1.55. The third-order valence-corrected chi connectivity index (χ3v) is 3.82. The lowest BCUT2D eigenvalue weighted by atomic mass is 10.0. The summed E-state index contributed by atoms with van der Waals surface area (Å²) in [6.45, 7) is 3.67. The molecular weight excluding hydrogens is 370 g/mol. The van der Waals surface area contributed by atoms with Gasteiger partial charge in [0.25, 0.3) is 5.91 Å². The molecule has 0 heterocycles. The lowest BCUT2D eigenvalue weighted by molar-refractivity contribution is -0.142. The molecule has 1 atom stereocenters. The Labute approximate surface area is 149 Å². The van der Waals surface area contributed by atoms with Crippen LogP contribution in [0.1, 0.15) is 28.4 Å². The summed E-state index contributed by atoms with van der Waals surface area (Å²) in [5.41, 5.74) is 1.36. The van der Waals surface area contributed by atoms with Gasteiger partial charge in [0.1, 0.15) is 6.61 Å². The molecule has 1 amide bonds. The molecule has 0 aliphatic heterocycles. The minimum Gasteiger partial charge on any atom is -0.461 e. The lowest BCUT2D eigenvalue weighted by Gasteiger charge is -2.19. The van der Waals surface area contributed by atoms with E-state index in [0.29, 0.717) is 5.56 Å². The summed E-state index contributed by atoms with van der Waals surface area (Å²) in [7, 11) is 0. The van der Waals surface area contributed by atoms with Gasteiger partial charge in [-0.25, -0.2) is 0 Å². The highest BCUT2D eigenvalue weighted by atomic mass is 79.9. The van der Waals surface area contributed by atoms with Crippen LogP contribution in [-0.2, 0) is 9.53 Å². The van der Waals surface area contributed by atoms with Crippen LogP contribution in [0.15, 0.2) is 71.7 Å². The summed E-state index contributed by atoms with van der Waals surface area (Å²) in [5.74, 6) is -0.634. The zero-order valence-electron chi connectivity index (χ0n) is 13.1. The molecule has 4 nitrogen and oxygen atoms in total. The molecule has 0 saturated heterocycles. The maximum absolute atomic E-state index is 12.4. The molecule has 5 heteroatoms. The molecule has 124 valence electrons. The van der Waals surface area contributed by atoms with E-state index in [4.69, 9.17) is 4.74 Å². The van der Waals surface area contributed by atoms with Crippen molar-refractivity contribution in [2.75, 3.05) is 6.61 Å². The van der Waals surface area contributed by atoms with Crippen molar-refractivity contribution in [3.8, 4) is 0 Å². The molecule has 1 N–H and O–H groups in total. The van der Waals surface area contributed by atoms with Gasteiger partial charge >= 0.3 is 5.97 Å². The molecule has 0 radical (unpaired) electrons. The molecule has 0 bridgehead atoms. The maximum Gasteiger partial charge on any atom is 0.308 e. The Morgan fingerprint density at radius 3 is 2.58 bits per heavy atom. The minimum absolute atomic E-state index is 0.0445. The number of amides is 1. The van der Waals surface area contributed by atoms with Crippen LogP contribution in [0.25, 0.3) is 0 Å². The summed E-state index contributed by atoms with van der Waals surface area (Å²) in [4.78, 5) is 24.4. The number of hydrogen-bond acceptors (Lipinski definition) is 3. The Kier molecular flexibility index (Phi) is 6.75. The van der Waals surface area contributed by atoms with Gasteiger partial charge in [0.05, 0.1) is 12.5 Å². The van der Waals surface area contributed by atoms with E-state index in [-0.39, 0.29) is 18.9 Å². The van der Waals surface area contributed by atoms with Crippen molar-refractivity contribution in [1.82, 2.24) is 5.32 Å². The van der Waals surface area contributed by atoms with Gasteiger partial charge in [-0.2, -0.15) is 0 Å². The van der Waals surface area contributed by atoms with Crippen molar-refractivity contribution >= 4 is 27.8 Å². The zero-order chi connectivity index (χ0) is 17.4. The fourth-order valence-corrected chi connectivity index (χ4v) is 2.60. The number of hydrogen-bond donors (Lipinski definition) is 1. The van der Waals surface area contributed by atoms with Gasteiger partial charge in [0, 0.05) is 10.0 Å². The second kappa shape index (κ2) is 9.03. The van der Waals surface area contributed by atoms with Crippen LogP contribution < -0.4 is 5.32 Å². The van der Waals surface area contributed by atoms with E-state index < -0.39 is 12.0 Å². The molecule has 0 aliphatic rings. The second-order valence-electron chi connectivity index (χ2n) is 5.12. The molecule has 0 aromatic heterocycles. The van der Waals surface area contributed by atoms with Crippen molar-refractivity contribution in [2.24, 2.45) is 0 Å². The molecule has 0 aliphatic carbocycles. The number of ether oxygens (including phenoxy) is 1. The first kappa shape index (κ1) is 17.9. The monoisotopic (exact) mass is 387 g/mol. The molecule has 0 saturated carbocycles. The van der Waals surface area contributed by atoms with Gasteiger partial charge in [0.15, 0.2) is 0 Å². The van der Waals surface area contributed by atoms with Crippen LogP contribution in [0, 0.1) is 0 Å². The zero-order valence-corrected chi connectivity index (χ0v) is 14.7. The quantitative estimate of drug-likeness (QED) is 0.576. The number of carbonyl (C=O) groups excluding carboxylic acids is 2. The molecule has 2 rings (SSSR count). The predicted octanol–water partition coefficient (Wildman–Crippen LogP) is 4.04. The first-order valence-corrected chi connectivity index (χ1v) is 8.27. The third kappa shape index (κ3) is 5.35. The summed E-state index contributed by atoms with van der Waals surface area (Å²) in [5, 5.41) is 2.90. The average Bonchev–Trinajstić information content (AvgIpc) is 2.60. The van der Waals surface area contributed by atoms with E-state index in [9.17, 15) is 9.59 Å². The van der Waals surface area contributed by atoms with Gasteiger partial charge in [-0.3, -0.25) is 9.59 Å². The van der Waals surface area contributed by atoms with E-state index in [1.54, 1.807) is 24.3 Å². The number of halogens is 1. The van der Waals surface area contributed by atoms with Crippen LogP contribution in [0.2, 0.25) is 0 Å². The van der Waals surface area contributed by atoms with Crippen molar-refractivity contribution in [3.05, 3.63) is 82.9 Å². The van der Waals surface area contributed by atoms with E-state index >= 15 is 0 Å². The number of rotatable bonds is 7. The van der Waals surface area contributed by atoms with E-state index in [2.05, 4.69) is 27.8 Å². The summed E-state index contributed by atoms with van der Waals surface area (Å²) in [6, 6.07) is 15.9. The molecule has 2 aromatic carbocycles. The van der Waals surface area contributed by atoms with Crippen molar-refractivity contribution in [3.63, 3.8) is 0 Å². The Bertz CT molecular complexity index is 716. The second-order valence-corrected chi connectivity index (χ2v) is 6.04. The molecule has 2 aromatic rings. The van der Waals surface area contributed by atoms with Gasteiger partial charge in [-0.05, 0) is 29.8 Å². The topological polar surface area (TPSA) is 55.4 Å². The highest BCUT2D eigenvalue weighted by molar-refractivity contribution is 9.10. The summed E-state index contributed by atoms with van der Waals surface area (Å²) < 4.78 is 5.91. The van der Waals surface area contributed by atoms with Crippen molar-refractivity contribution in [2.45, 2.75) is 12.5 Å². The Hall–Kier alpha value is -2.40. The fraction of sp³-hybridized carbons (Fsp3) is 0.158. The van der Waals surface area contributed by atoms with Crippen molar-refractivity contribution in [1.29, 1.82) is 0 Å².